The number of nitrogens with two attached hydrogens (primary N) is 1. The van der Waals surface area contributed by atoms with Gasteiger partial charge in [0.05, 0.1) is 6.42 Å². The number of aromatic nitrogens is 1. The third-order valence-corrected chi connectivity index (χ3v) is 4.15. The first-order valence-electron chi connectivity index (χ1n) is 7.52. The number of nitrogens with one attached hydrogen (secondary N) is 1. The van der Waals surface area contributed by atoms with Crippen LogP contribution in [0.25, 0.3) is 10.9 Å². The quantitative estimate of drug-likeness (QED) is 0.874. The monoisotopic (exact) mass is 286 g/mol. The van der Waals surface area contributed by atoms with Crippen molar-refractivity contribution >= 4 is 16.8 Å². The minimum absolute atomic E-state index is 0.216. The van der Waals surface area contributed by atoms with Crippen LogP contribution in [0.15, 0.2) is 30.5 Å². The second-order valence-corrected chi connectivity index (χ2v) is 5.59. The van der Waals surface area contributed by atoms with Gasteiger partial charge in [0.15, 0.2) is 0 Å². The Bertz CT molecular complexity index is 614. The number of fused-ring (bicyclic) bond motifs is 1. The summed E-state index contributed by atoms with van der Waals surface area (Å²) < 4.78 is 0. The molecule has 21 heavy (non-hydrogen) atoms. The molecule has 0 atom stereocenters. The Kier molecular flexibility index (Phi) is 4.22. The molecule has 0 spiro atoms. The Morgan fingerprint density at radius 2 is 2.00 bits per heavy atom. The maximum absolute atomic E-state index is 12.4. The summed E-state index contributed by atoms with van der Waals surface area (Å²) in [5, 5.41) is 1.18. The lowest BCUT2D eigenvalue weighted by Crippen LogP contribution is -2.50. The number of rotatable bonds is 4. The molecule has 5 heteroatoms. The highest BCUT2D eigenvalue weighted by Gasteiger charge is 2.20. The lowest BCUT2D eigenvalue weighted by atomic mass is 10.1. The van der Waals surface area contributed by atoms with Crippen LogP contribution in [-0.4, -0.2) is 60.0 Å². The smallest absolute Gasteiger partial charge is 0.227 e. The van der Waals surface area contributed by atoms with Crippen molar-refractivity contribution in [3.8, 4) is 0 Å². The maximum atomic E-state index is 12.4. The fraction of sp³-hybridized carbons (Fsp3) is 0.438. The molecule has 0 aliphatic carbocycles. The summed E-state index contributed by atoms with van der Waals surface area (Å²) in [4.78, 5) is 19.8. The average Bonchev–Trinajstić information content (AvgIpc) is 2.96. The minimum Gasteiger partial charge on any atom is -0.361 e. The molecule has 1 aromatic carbocycles. The van der Waals surface area contributed by atoms with Crippen molar-refractivity contribution in [2.45, 2.75) is 6.42 Å². The summed E-state index contributed by atoms with van der Waals surface area (Å²) >= 11 is 0. The molecule has 112 valence electrons. The van der Waals surface area contributed by atoms with E-state index in [1.165, 1.54) is 5.39 Å². The number of carbonyl (C=O) groups excluding carboxylic acids is 1. The predicted octanol–water partition coefficient (Wildman–Crippen LogP) is 0.813. The molecule has 5 nitrogen and oxygen atoms in total. The molecular weight excluding hydrogens is 264 g/mol. The van der Waals surface area contributed by atoms with Gasteiger partial charge in [0.25, 0.3) is 0 Å². The minimum atomic E-state index is 0.216. The molecule has 0 radical (unpaired) electrons. The Morgan fingerprint density at radius 3 is 2.76 bits per heavy atom. The number of hydrogen-bond donors (Lipinski definition) is 2. The fourth-order valence-corrected chi connectivity index (χ4v) is 2.89. The van der Waals surface area contributed by atoms with Gasteiger partial charge in [-0.25, -0.2) is 0 Å². The van der Waals surface area contributed by atoms with Crippen LogP contribution in [0.3, 0.4) is 0 Å². The zero-order valence-corrected chi connectivity index (χ0v) is 12.2. The highest BCUT2D eigenvalue weighted by molar-refractivity contribution is 5.83. The van der Waals surface area contributed by atoms with Crippen molar-refractivity contribution in [3.63, 3.8) is 0 Å². The number of piperazine rings is 1. The number of amides is 1. The van der Waals surface area contributed by atoms with Crippen molar-refractivity contribution < 1.29 is 4.79 Å². The van der Waals surface area contributed by atoms with Gasteiger partial charge < -0.3 is 15.6 Å². The molecule has 3 N–H and O–H groups in total. The highest BCUT2D eigenvalue weighted by Crippen LogP contribution is 2.15. The first kappa shape index (κ1) is 14.1. The molecule has 0 unspecified atom stereocenters. The van der Waals surface area contributed by atoms with Crippen molar-refractivity contribution in [1.82, 2.24) is 14.8 Å². The first-order chi connectivity index (χ1) is 10.3. The first-order valence-corrected chi connectivity index (χ1v) is 7.52. The van der Waals surface area contributed by atoms with Crippen LogP contribution >= 0.6 is 0 Å². The number of hydrogen-bond acceptors (Lipinski definition) is 3. The summed E-state index contributed by atoms with van der Waals surface area (Å²) in [7, 11) is 0. The van der Waals surface area contributed by atoms with Gasteiger partial charge in [-0.05, 0) is 23.1 Å². The molecule has 1 saturated heterocycles. The maximum Gasteiger partial charge on any atom is 0.227 e. The molecule has 1 aliphatic heterocycles. The standard InChI is InChI=1S/C16H22N4O/c17-4-6-19-7-9-20(10-8-19)16(21)12-13-1-2-14-3-5-18-15(14)11-13/h1-3,5,11,18H,4,6-10,12,17H2. The lowest BCUT2D eigenvalue weighted by Gasteiger charge is -2.34. The van der Waals surface area contributed by atoms with E-state index < -0.39 is 0 Å². The zero-order chi connectivity index (χ0) is 14.7. The molecule has 1 aliphatic rings. The van der Waals surface area contributed by atoms with Gasteiger partial charge >= 0.3 is 0 Å². The lowest BCUT2D eigenvalue weighted by molar-refractivity contribution is -0.132. The van der Waals surface area contributed by atoms with Crippen LogP contribution in [0.1, 0.15) is 5.56 Å². The van der Waals surface area contributed by atoms with Gasteiger partial charge in [-0.1, -0.05) is 12.1 Å². The number of H-pyrrole nitrogens is 1. The SMILES string of the molecule is NCCN1CCN(C(=O)Cc2ccc3cc[nH]c3c2)CC1. The van der Waals surface area contributed by atoms with E-state index in [0.29, 0.717) is 13.0 Å². The van der Waals surface area contributed by atoms with E-state index in [9.17, 15) is 4.79 Å². The second kappa shape index (κ2) is 6.28. The topological polar surface area (TPSA) is 65.4 Å². The predicted molar refractivity (Wildman–Crippen MR) is 84.1 cm³/mol. The average molecular weight is 286 g/mol. The summed E-state index contributed by atoms with van der Waals surface area (Å²) in [6, 6.07) is 8.21. The van der Waals surface area contributed by atoms with E-state index in [2.05, 4.69) is 22.0 Å². The number of carbonyl (C=O) groups is 1. The zero-order valence-electron chi connectivity index (χ0n) is 12.2. The van der Waals surface area contributed by atoms with Crippen LogP contribution in [-0.2, 0) is 11.2 Å². The van der Waals surface area contributed by atoms with E-state index in [4.69, 9.17) is 5.73 Å². The van der Waals surface area contributed by atoms with Crippen molar-refractivity contribution in [2.75, 3.05) is 39.3 Å². The Balaban J connectivity index is 1.58. The van der Waals surface area contributed by atoms with Crippen LogP contribution in [0, 0.1) is 0 Å². The summed E-state index contributed by atoms with van der Waals surface area (Å²) in [6.45, 7) is 5.08. The highest BCUT2D eigenvalue weighted by atomic mass is 16.2. The van der Waals surface area contributed by atoms with Gasteiger partial charge in [-0.2, -0.15) is 0 Å². The fourth-order valence-electron chi connectivity index (χ4n) is 2.89. The number of benzene rings is 1. The Labute approximate surface area is 124 Å². The van der Waals surface area contributed by atoms with Crippen LogP contribution in [0.4, 0.5) is 0 Å². The van der Waals surface area contributed by atoms with Gasteiger partial charge in [0.1, 0.15) is 0 Å². The van der Waals surface area contributed by atoms with E-state index >= 15 is 0 Å². The summed E-state index contributed by atoms with van der Waals surface area (Å²) in [5.74, 6) is 0.216. The normalized spacial score (nSPS) is 16.5. The summed E-state index contributed by atoms with van der Waals surface area (Å²) in [5.41, 5.74) is 7.73. The van der Waals surface area contributed by atoms with Gasteiger partial charge in [-0.15, -0.1) is 0 Å². The molecule has 0 bridgehead atoms. The number of nitrogens with zero attached hydrogens (tertiary/aromatic N) is 2. The van der Waals surface area contributed by atoms with E-state index in [-0.39, 0.29) is 5.91 Å². The van der Waals surface area contributed by atoms with Crippen LogP contribution in [0.2, 0.25) is 0 Å². The Hall–Kier alpha value is -1.85. The van der Waals surface area contributed by atoms with Crippen molar-refractivity contribution in [2.24, 2.45) is 5.73 Å². The van der Waals surface area contributed by atoms with Crippen molar-refractivity contribution in [3.05, 3.63) is 36.0 Å². The van der Waals surface area contributed by atoms with Gasteiger partial charge in [0, 0.05) is 51.0 Å². The molecule has 1 aromatic heterocycles. The molecule has 1 fully saturated rings. The summed E-state index contributed by atoms with van der Waals surface area (Å²) in [6.07, 6.45) is 2.40. The molecule has 1 amide bonds. The van der Waals surface area contributed by atoms with E-state index in [1.54, 1.807) is 0 Å². The van der Waals surface area contributed by atoms with Gasteiger partial charge in [0.2, 0.25) is 5.91 Å². The Morgan fingerprint density at radius 1 is 1.19 bits per heavy atom. The van der Waals surface area contributed by atoms with Crippen molar-refractivity contribution in [1.29, 1.82) is 0 Å². The second-order valence-electron chi connectivity index (χ2n) is 5.59. The van der Waals surface area contributed by atoms with Crippen LogP contribution < -0.4 is 5.73 Å². The van der Waals surface area contributed by atoms with Crippen LogP contribution in [0.5, 0.6) is 0 Å². The molecule has 2 heterocycles. The molecule has 0 saturated carbocycles. The molecule has 3 rings (SSSR count). The largest absolute Gasteiger partial charge is 0.361 e. The van der Waals surface area contributed by atoms with E-state index in [1.807, 2.05) is 23.2 Å². The van der Waals surface area contributed by atoms with Gasteiger partial charge in [-0.3, -0.25) is 9.69 Å². The molecule has 2 aromatic rings. The number of aromatic amines is 1. The third kappa shape index (κ3) is 3.25. The van der Waals surface area contributed by atoms with E-state index in [0.717, 1.165) is 43.8 Å². The third-order valence-electron chi connectivity index (χ3n) is 4.15. The molecular formula is C16H22N4O.